The molecule has 26 heavy (non-hydrogen) atoms. The van der Waals surface area contributed by atoms with E-state index in [9.17, 15) is 0 Å². The lowest BCUT2D eigenvalue weighted by atomic mass is 9.94. The van der Waals surface area contributed by atoms with Gasteiger partial charge in [0.15, 0.2) is 5.96 Å². The molecule has 0 fully saturated rings. The third kappa shape index (κ3) is 6.46. The predicted octanol–water partition coefficient (Wildman–Crippen LogP) is 5.06. The summed E-state index contributed by atoms with van der Waals surface area (Å²) in [5.74, 6) is 2.16. The Morgan fingerprint density at radius 2 is 2.00 bits per heavy atom. The van der Waals surface area contributed by atoms with Gasteiger partial charge in [0.25, 0.3) is 0 Å². The van der Waals surface area contributed by atoms with Crippen molar-refractivity contribution in [1.82, 2.24) is 15.6 Å². The number of aromatic nitrogens is 1. The van der Waals surface area contributed by atoms with Gasteiger partial charge in [0.05, 0.1) is 12.2 Å². The van der Waals surface area contributed by atoms with Crippen molar-refractivity contribution in [3.05, 3.63) is 52.7 Å². The molecule has 144 valence electrons. The Hall–Kier alpha value is -1.28. The van der Waals surface area contributed by atoms with Gasteiger partial charge < -0.3 is 15.1 Å². The zero-order valence-electron chi connectivity index (χ0n) is 16.0. The minimum absolute atomic E-state index is 0. The number of oxazole rings is 1. The number of hydrogen-bond donors (Lipinski definition) is 2. The summed E-state index contributed by atoms with van der Waals surface area (Å²) < 4.78 is 5.79. The third-order valence-corrected chi connectivity index (χ3v) is 4.08. The van der Waals surface area contributed by atoms with E-state index in [1.54, 1.807) is 6.20 Å². The van der Waals surface area contributed by atoms with Crippen molar-refractivity contribution in [2.24, 2.45) is 4.99 Å². The number of nitrogens with one attached hydrogen (secondary N) is 2. The lowest BCUT2D eigenvalue weighted by Gasteiger charge is -2.19. The molecule has 1 aromatic heterocycles. The van der Waals surface area contributed by atoms with Gasteiger partial charge in [0.1, 0.15) is 12.3 Å². The monoisotopic (exact) mass is 490 g/mol. The first-order valence-electron chi connectivity index (χ1n) is 8.55. The Morgan fingerprint density at radius 3 is 2.58 bits per heavy atom. The Balaban J connectivity index is 0.00000338. The minimum Gasteiger partial charge on any atom is -0.443 e. The average molecular weight is 491 g/mol. The fourth-order valence-corrected chi connectivity index (χ4v) is 2.61. The van der Waals surface area contributed by atoms with E-state index in [1.807, 2.05) is 31.2 Å². The van der Waals surface area contributed by atoms with Crippen LogP contribution in [0.3, 0.4) is 0 Å². The second-order valence-corrected chi connectivity index (χ2v) is 7.36. The van der Waals surface area contributed by atoms with Crippen LogP contribution < -0.4 is 10.6 Å². The summed E-state index contributed by atoms with van der Waals surface area (Å²) in [4.78, 5) is 8.89. The second kappa shape index (κ2) is 10.2. The molecule has 1 unspecified atom stereocenters. The quantitative estimate of drug-likeness (QED) is 0.349. The van der Waals surface area contributed by atoms with Crippen LogP contribution in [-0.4, -0.2) is 17.5 Å². The molecule has 2 N–H and O–H groups in total. The molecule has 0 aliphatic heterocycles. The minimum atomic E-state index is -0.0592. The van der Waals surface area contributed by atoms with Crippen molar-refractivity contribution >= 4 is 41.5 Å². The number of aliphatic imine (C=N–C) groups is 1. The van der Waals surface area contributed by atoms with Gasteiger partial charge in [-0.05, 0) is 25.5 Å². The van der Waals surface area contributed by atoms with Crippen molar-refractivity contribution < 1.29 is 4.42 Å². The van der Waals surface area contributed by atoms with Crippen LogP contribution in [0.4, 0.5) is 0 Å². The van der Waals surface area contributed by atoms with E-state index in [-0.39, 0.29) is 35.4 Å². The van der Waals surface area contributed by atoms with E-state index in [1.165, 1.54) is 0 Å². The molecule has 0 amide bonds. The van der Waals surface area contributed by atoms with Crippen molar-refractivity contribution in [2.75, 3.05) is 6.54 Å². The van der Waals surface area contributed by atoms with Crippen LogP contribution in [0.1, 0.15) is 57.9 Å². The zero-order chi connectivity index (χ0) is 18.4. The molecule has 0 saturated heterocycles. The van der Waals surface area contributed by atoms with Gasteiger partial charge in [-0.25, -0.2) is 9.98 Å². The predicted molar refractivity (Wildman–Crippen MR) is 118 cm³/mol. The molecule has 5 nitrogen and oxygen atoms in total. The summed E-state index contributed by atoms with van der Waals surface area (Å²) in [5, 5.41) is 7.34. The highest BCUT2D eigenvalue weighted by molar-refractivity contribution is 14.0. The van der Waals surface area contributed by atoms with Gasteiger partial charge in [0, 0.05) is 17.0 Å². The summed E-state index contributed by atoms with van der Waals surface area (Å²) in [6.45, 7) is 11.5. The fraction of sp³-hybridized carbons (Fsp3) is 0.474. The lowest BCUT2D eigenvalue weighted by Crippen LogP contribution is -2.38. The molecule has 0 bridgehead atoms. The van der Waals surface area contributed by atoms with Crippen molar-refractivity contribution in [3.63, 3.8) is 0 Å². The molecule has 1 atom stereocenters. The van der Waals surface area contributed by atoms with E-state index >= 15 is 0 Å². The molecule has 1 aromatic carbocycles. The number of guanidine groups is 1. The normalized spacial score (nSPS) is 13.1. The van der Waals surface area contributed by atoms with Crippen LogP contribution in [-0.2, 0) is 12.0 Å². The lowest BCUT2D eigenvalue weighted by molar-refractivity contribution is 0.383. The first-order valence-corrected chi connectivity index (χ1v) is 8.93. The molecular formula is C19H28ClIN4O. The maximum absolute atomic E-state index is 6.27. The summed E-state index contributed by atoms with van der Waals surface area (Å²) in [5.41, 5.74) is 0.969. The molecule has 1 heterocycles. The highest BCUT2D eigenvalue weighted by Gasteiger charge is 2.19. The van der Waals surface area contributed by atoms with Gasteiger partial charge in [-0.3, -0.25) is 0 Å². The summed E-state index contributed by atoms with van der Waals surface area (Å²) in [6.07, 6.45) is 1.78. The van der Waals surface area contributed by atoms with Crippen molar-refractivity contribution in [1.29, 1.82) is 0 Å². The third-order valence-electron chi connectivity index (χ3n) is 3.73. The molecule has 7 heteroatoms. The first-order chi connectivity index (χ1) is 11.8. The van der Waals surface area contributed by atoms with Crippen LogP contribution in [0, 0.1) is 0 Å². The van der Waals surface area contributed by atoms with Crippen molar-refractivity contribution in [2.45, 2.75) is 52.6 Å². The molecule has 0 spiro atoms. The Morgan fingerprint density at radius 1 is 1.31 bits per heavy atom. The van der Waals surface area contributed by atoms with E-state index in [0.29, 0.717) is 18.4 Å². The maximum Gasteiger partial charge on any atom is 0.216 e. The smallest absolute Gasteiger partial charge is 0.216 e. The van der Waals surface area contributed by atoms with Crippen LogP contribution in [0.15, 0.2) is 39.9 Å². The number of rotatable bonds is 5. The fourth-order valence-electron chi connectivity index (χ4n) is 2.31. The van der Waals surface area contributed by atoms with Gasteiger partial charge in [-0.2, -0.15) is 0 Å². The van der Waals surface area contributed by atoms with Gasteiger partial charge >= 0.3 is 0 Å². The van der Waals surface area contributed by atoms with Gasteiger partial charge in [-0.1, -0.05) is 50.6 Å². The number of nitrogens with zero attached hydrogens (tertiary/aromatic N) is 2. The van der Waals surface area contributed by atoms with Crippen LogP contribution in [0.25, 0.3) is 0 Å². The summed E-state index contributed by atoms with van der Waals surface area (Å²) in [6, 6.07) is 7.83. The van der Waals surface area contributed by atoms with E-state index in [0.717, 1.165) is 22.9 Å². The van der Waals surface area contributed by atoms with E-state index in [2.05, 4.69) is 48.3 Å². The first kappa shape index (κ1) is 22.8. The number of benzene rings is 1. The molecule has 0 saturated carbocycles. The standard InChI is InChI=1S/C19H27ClN4O.HI/c1-6-21-18(24-13(2)14-9-7-8-10-15(14)20)23-12-17-22-11-16(25-17)19(3,4)5;/h7-11,13H,6,12H2,1-5H3,(H2,21,23,24);1H. The molecule has 2 aromatic rings. The SMILES string of the molecule is CCNC(=NCc1ncc(C(C)(C)C)o1)NC(C)c1ccccc1Cl.I. The highest BCUT2D eigenvalue weighted by Crippen LogP contribution is 2.23. The molecule has 0 aliphatic carbocycles. The van der Waals surface area contributed by atoms with Crippen LogP contribution in [0.2, 0.25) is 5.02 Å². The Labute approximate surface area is 178 Å². The highest BCUT2D eigenvalue weighted by atomic mass is 127. The maximum atomic E-state index is 6.27. The summed E-state index contributed by atoms with van der Waals surface area (Å²) >= 11 is 6.27. The second-order valence-electron chi connectivity index (χ2n) is 6.95. The van der Waals surface area contributed by atoms with E-state index in [4.69, 9.17) is 16.0 Å². The number of hydrogen-bond acceptors (Lipinski definition) is 3. The molecule has 2 rings (SSSR count). The Kier molecular flexibility index (Phi) is 8.89. The van der Waals surface area contributed by atoms with E-state index < -0.39 is 0 Å². The number of halogens is 2. The van der Waals surface area contributed by atoms with Crippen LogP contribution >= 0.6 is 35.6 Å². The zero-order valence-corrected chi connectivity index (χ0v) is 19.1. The van der Waals surface area contributed by atoms with Crippen molar-refractivity contribution in [3.8, 4) is 0 Å². The van der Waals surface area contributed by atoms with Crippen LogP contribution in [0.5, 0.6) is 0 Å². The largest absolute Gasteiger partial charge is 0.443 e. The molecular weight excluding hydrogens is 463 g/mol. The summed E-state index contributed by atoms with van der Waals surface area (Å²) in [7, 11) is 0. The average Bonchev–Trinajstić information content (AvgIpc) is 3.02. The van der Waals surface area contributed by atoms with Gasteiger partial charge in [0.2, 0.25) is 5.89 Å². The molecule has 0 aliphatic rings. The Bertz CT molecular complexity index is 724. The van der Waals surface area contributed by atoms with Gasteiger partial charge in [-0.15, -0.1) is 24.0 Å². The topological polar surface area (TPSA) is 62.5 Å². The molecule has 0 radical (unpaired) electrons.